The molecule has 2 aliphatic heterocycles. The number of rotatable bonds is 3. The first-order chi connectivity index (χ1) is 18.5. The molecule has 6 nitrogen and oxygen atoms in total. The summed E-state index contributed by atoms with van der Waals surface area (Å²) in [5.74, 6) is -0.932. The van der Waals surface area contributed by atoms with Crippen molar-refractivity contribution in [2.75, 3.05) is 4.90 Å². The van der Waals surface area contributed by atoms with E-state index in [9.17, 15) is 14.7 Å². The molecule has 0 unspecified atom stereocenters. The van der Waals surface area contributed by atoms with E-state index in [4.69, 9.17) is 16.3 Å². The molecule has 1 aromatic heterocycles. The fraction of sp³-hybridized carbons (Fsp3) is 0.258. The van der Waals surface area contributed by atoms with E-state index < -0.39 is 17.7 Å². The SMILES string of the molecule is C[C@@H]1Cc2cc(C(O)=C3C(=O)C(=O)N(c4nc5ccc(Cl)cc5s4)[C@H]3c3ccc(C(C)(C)C)cc3)ccc2O1. The number of aliphatic hydroxyl groups excluding tert-OH is 1. The van der Waals surface area contributed by atoms with Crippen molar-refractivity contribution in [3.05, 3.63) is 93.5 Å². The normalized spacial score (nSPS) is 20.5. The first-order valence-corrected chi connectivity index (χ1v) is 14.0. The van der Waals surface area contributed by atoms with E-state index in [1.807, 2.05) is 37.3 Å². The van der Waals surface area contributed by atoms with Crippen molar-refractivity contribution in [3.63, 3.8) is 0 Å². The minimum atomic E-state index is -0.849. The van der Waals surface area contributed by atoms with Gasteiger partial charge in [0.2, 0.25) is 0 Å². The largest absolute Gasteiger partial charge is 0.507 e. The number of carbonyl (C=O) groups excluding carboxylic acids is 2. The summed E-state index contributed by atoms with van der Waals surface area (Å²) in [6.45, 7) is 8.35. The number of ether oxygens (including phenoxy) is 1. The van der Waals surface area contributed by atoms with Crippen LogP contribution in [-0.2, 0) is 21.4 Å². The molecule has 1 fully saturated rings. The van der Waals surface area contributed by atoms with Crippen molar-refractivity contribution >= 4 is 55.7 Å². The number of hydrogen-bond donors (Lipinski definition) is 1. The highest BCUT2D eigenvalue weighted by atomic mass is 35.5. The summed E-state index contributed by atoms with van der Waals surface area (Å²) in [4.78, 5) is 33.2. The van der Waals surface area contributed by atoms with Gasteiger partial charge in [0, 0.05) is 17.0 Å². The average molecular weight is 559 g/mol. The van der Waals surface area contributed by atoms with E-state index in [-0.39, 0.29) is 22.9 Å². The molecule has 4 aromatic rings. The Kier molecular flexibility index (Phi) is 6.04. The summed E-state index contributed by atoms with van der Waals surface area (Å²) in [5, 5.41) is 12.5. The van der Waals surface area contributed by atoms with Gasteiger partial charge in [-0.05, 0) is 65.4 Å². The standard InChI is InChI=1S/C31H27ClN2O4S/c1-16-13-19-14-18(7-12-23(19)38-16)27(35)25-26(17-5-8-20(9-6-17)31(2,3)4)34(29(37)28(25)36)30-33-22-11-10-21(32)15-24(22)39-30/h5-12,14-16,26,35H,13H2,1-4H3/t16-,26+/m1/s1. The average Bonchev–Trinajstić information content (AvgIpc) is 3.55. The summed E-state index contributed by atoms with van der Waals surface area (Å²) >= 11 is 7.48. The first kappa shape index (κ1) is 25.6. The van der Waals surface area contributed by atoms with Crippen molar-refractivity contribution in [2.24, 2.45) is 0 Å². The fourth-order valence-corrected chi connectivity index (χ4v) is 6.49. The lowest BCUT2D eigenvalue weighted by molar-refractivity contribution is -0.132. The molecule has 0 bridgehead atoms. The molecular weight excluding hydrogens is 532 g/mol. The van der Waals surface area contributed by atoms with Crippen LogP contribution in [0.2, 0.25) is 5.02 Å². The van der Waals surface area contributed by atoms with Crippen LogP contribution in [0.15, 0.2) is 66.2 Å². The summed E-state index contributed by atoms with van der Waals surface area (Å²) in [7, 11) is 0. The van der Waals surface area contributed by atoms with E-state index in [0.29, 0.717) is 33.2 Å². The van der Waals surface area contributed by atoms with E-state index in [0.717, 1.165) is 21.6 Å². The number of aromatic nitrogens is 1. The summed E-state index contributed by atoms with van der Waals surface area (Å²) in [6.07, 6.45) is 0.744. The van der Waals surface area contributed by atoms with Gasteiger partial charge in [-0.15, -0.1) is 0 Å². The van der Waals surface area contributed by atoms with Gasteiger partial charge in [0.15, 0.2) is 5.13 Å². The molecule has 3 aromatic carbocycles. The van der Waals surface area contributed by atoms with Crippen LogP contribution < -0.4 is 9.64 Å². The quantitative estimate of drug-likeness (QED) is 0.163. The number of fused-ring (bicyclic) bond motifs is 2. The molecule has 8 heteroatoms. The third kappa shape index (κ3) is 4.39. The van der Waals surface area contributed by atoms with Gasteiger partial charge in [0.25, 0.3) is 5.78 Å². The Bertz CT molecular complexity index is 1680. The molecule has 198 valence electrons. The van der Waals surface area contributed by atoms with Crippen LogP contribution >= 0.6 is 22.9 Å². The highest BCUT2D eigenvalue weighted by Crippen LogP contribution is 2.45. The van der Waals surface area contributed by atoms with Gasteiger partial charge in [-0.25, -0.2) is 4.98 Å². The van der Waals surface area contributed by atoms with Crippen LogP contribution in [0.5, 0.6) is 5.75 Å². The van der Waals surface area contributed by atoms with Crippen molar-refractivity contribution in [1.82, 2.24) is 4.98 Å². The number of aliphatic hydroxyl groups is 1. The Morgan fingerprint density at radius 1 is 1.08 bits per heavy atom. The van der Waals surface area contributed by atoms with Crippen LogP contribution in [-0.4, -0.2) is 27.9 Å². The fourth-order valence-electron chi connectivity index (χ4n) is 5.22. The maximum atomic E-state index is 13.6. The first-order valence-electron chi connectivity index (χ1n) is 12.8. The van der Waals surface area contributed by atoms with Crippen LogP contribution in [0.1, 0.15) is 56.0 Å². The highest BCUT2D eigenvalue weighted by Gasteiger charge is 2.48. The molecule has 6 rings (SSSR count). The van der Waals surface area contributed by atoms with Gasteiger partial charge in [0.05, 0.1) is 21.8 Å². The van der Waals surface area contributed by atoms with Crippen LogP contribution in [0.3, 0.4) is 0 Å². The number of benzene rings is 3. The van der Waals surface area contributed by atoms with Gasteiger partial charge in [-0.1, -0.05) is 68.0 Å². The number of Topliss-reactive ketones (excluding diaryl/α,β-unsaturated/α-hetero) is 1. The number of carbonyl (C=O) groups is 2. The lowest BCUT2D eigenvalue weighted by atomic mass is 9.85. The second-order valence-corrected chi connectivity index (χ2v) is 12.6. The van der Waals surface area contributed by atoms with Crippen LogP contribution in [0.4, 0.5) is 5.13 Å². The highest BCUT2D eigenvalue weighted by molar-refractivity contribution is 7.22. The van der Waals surface area contributed by atoms with E-state index in [1.54, 1.807) is 30.3 Å². The number of halogens is 1. The molecule has 3 heterocycles. The third-order valence-electron chi connectivity index (χ3n) is 7.25. The van der Waals surface area contributed by atoms with Gasteiger partial charge in [0.1, 0.15) is 17.6 Å². The molecule has 1 N–H and O–H groups in total. The van der Waals surface area contributed by atoms with E-state index in [1.165, 1.54) is 16.2 Å². The van der Waals surface area contributed by atoms with Crippen molar-refractivity contribution in [2.45, 2.75) is 51.7 Å². The third-order valence-corrected chi connectivity index (χ3v) is 8.50. The Morgan fingerprint density at radius 3 is 2.54 bits per heavy atom. The van der Waals surface area contributed by atoms with Gasteiger partial charge in [-0.2, -0.15) is 0 Å². The predicted octanol–water partition coefficient (Wildman–Crippen LogP) is 7.20. The second kappa shape index (κ2) is 9.21. The molecule has 0 aliphatic carbocycles. The zero-order valence-electron chi connectivity index (χ0n) is 22.0. The summed E-state index contributed by atoms with van der Waals surface area (Å²) < 4.78 is 6.60. The summed E-state index contributed by atoms with van der Waals surface area (Å²) in [6, 6.07) is 17.7. The molecule has 0 spiro atoms. The minimum absolute atomic E-state index is 0.0349. The zero-order valence-corrected chi connectivity index (χ0v) is 23.6. The summed E-state index contributed by atoms with van der Waals surface area (Å²) in [5.41, 5.74) is 3.89. The Morgan fingerprint density at radius 2 is 1.82 bits per heavy atom. The Labute approximate surface area is 235 Å². The van der Waals surface area contributed by atoms with E-state index >= 15 is 0 Å². The minimum Gasteiger partial charge on any atom is -0.507 e. The lowest BCUT2D eigenvalue weighted by Crippen LogP contribution is -2.29. The molecule has 39 heavy (non-hydrogen) atoms. The smallest absolute Gasteiger partial charge is 0.301 e. The molecule has 1 saturated heterocycles. The maximum Gasteiger partial charge on any atom is 0.301 e. The van der Waals surface area contributed by atoms with Crippen molar-refractivity contribution in [1.29, 1.82) is 0 Å². The van der Waals surface area contributed by atoms with Crippen molar-refractivity contribution in [3.8, 4) is 5.75 Å². The van der Waals surface area contributed by atoms with E-state index in [2.05, 4.69) is 25.8 Å². The topological polar surface area (TPSA) is 79.7 Å². The number of nitrogens with zero attached hydrogens (tertiary/aromatic N) is 2. The maximum absolute atomic E-state index is 13.6. The number of anilines is 1. The van der Waals surface area contributed by atoms with Crippen LogP contribution in [0, 0.1) is 0 Å². The number of amides is 1. The zero-order chi connectivity index (χ0) is 27.6. The lowest BCUT2D eigenvalue weighted by Gasteiger charge is -2.24. The molecule has 0 saturated carbocycles. The molecule has 1 amide bonds. The van der Waals surface area contributed by atoms with Gasteiger partial charge in [-0.3, -0.25) is 14.5 Å². The Hall–Kier alpha value is -3.68. The molecular formula is C31H27ClN2O4S. The molecule has 0 radical (unpaired) electrons. The number of hydrogen-bond acceptors (Lipinski definition) is 6. The number of thiazole rings is 1. The molecule has 2 atom stereocenters. The number of ketones is 1. The Balaban J connectivity index is 1.53. The van der Waals surface area contributed by atoms with Crippen LogP contribution in [0.25, 0.3) is 16.0 Å². The van der Waals surface area contributed by atoms with Gasteiger partial charge >= 0.3 is 5.91 Å². The van der Waals surface area contributed by atoms with Crippen molar-refractivity contribution < 1.29 is 19.4 Å². The monoisotopic (exact) mass is 558 g/mol. The predicted molar refractivity (Wildman–Crippen MR) is 155 cm³/mol. The van der Waals surface area contributed by atoms with Gasteiger partial charge < -0.3 is 9.84 Å². The second-order valence-electron chi connectivity index (χ2n) is 11.1. The molecule has 2 aliphatic rings.